The Bertz CT molecular complexity index is 1260. The smallest absolute Gasteiger partial charge is 0.325 e. The van der Waals surface area contributed by atoms with Gasteiger partial charge in [-0.3, -0.25) is 19.4 Å². The average Bonchev–Trinajstić information content (AvgIpc) is 2.78. The highest BCUT2D eigenvalue weighted by atomic mass is 32.2. The Morgan fingerprint density at radius 1 is 1.12 bits per heavy atom. The maximum atomic E-state index is 12.8. The summed E-state index contributed by atoms with van der Waals surface area (Å²) in [6.07, 6.45) is -4.52. The first-order chi connectivity index (χ1) is 16.1. The second kappa shape index (κ2) is 10.5. The van der Waals surface area contributed by atoms with Gasteiger partial charge < -0.3 is 10.2 Å². The SMILES string of the molecule is CCN(C(C)=O)c1ccccc1-c1nnc(SCC(=O)Nc2cccc(C(F)(F)F)c2)[nH]c1=O. The van der Waals surface area contributed by atoms with Crippen molar-refractivity contribution in [2.24, 2.45) is 0 Å². The number of thioether (sulfide) groups is 1. The number of hydrogen-bond acceptors (Lipinski definition) is 6. The molecule has 0 saturated carbocycles. The molecule has 178 valence electrons. The number of aromatic amines is 1. The molecule has 2 aromatic carbocycles. The number of para-hydroxylation sites is 1. The van der Waals surface area contributed by atoms with E-state index in [4.69, 9.17) is 0 Å². The van der Waals surface area contributed by atoms with Crippen LogP contribution in [0.3, 0.4) is 0 Å². The number of nitrogens with zero attached hydrogens (tertiary/aromatic N) is 3. The predicted molar refractivity (Wildman–Crippen MR) is 123 cm³/mol. The molecule has 12 heteroatoms. The zero-order valence-corrected chi connectivity index (χ0v) is 19.0. The third-order valence-electron chi connectivity index (χ3n) is 4.64. The monoisotopic (exact) mass is 491 g/mol. The number of hydrogen-bond donors (Lipinski definition) is 2. The van der Waals surface area contributed by atoms with Crippen LogP contribution in [0.5, 0.6) is 0 Å². The maximum Gasteiger partial charge on any atom is 0.416 e. The molecule has 0 atom stereocenters. The lowest BCUT2D eigenvalue weighted by Gasteiger charge is -2.21. The topological polar surface area (TPSA) is 108 Å². The van der Waals surface area contributed by atoms with E-state index < -0.39 is 23.2 Å². The predicted octanol–water partition coefficient (Wildman–Crippen LogP) is 3.95. The number of anilines is 2. The van der Waals surface area contributed by atoms with Crippen molar-refractivity contribution in [3.8, 4) is 11.3 Å². The summed E-state index contributed by atoms with van der Waals surface area (Å²) in [7, 11) is 0. The third kappa shape index (κ3) is 6.01. The quantitative estimate of drug-likeness (QED) is 0.485. The van der Waals surface area contributed by atoms with Crippen molar-refractivity contribution in [2.75, 3.05) is 22.5 Å². The standard InChI is InChI=1S/C22H20F3N5O3S/c1-3-30(13(2)31)17-10-5-4-9-16(17)19-20(33)27-21(29-28-19)34-12-18(32)26-15-8-6-7-14(11-15)22(23,24)25/h4-11H,3,12H2,1-2H3,(H,26,32)(H,27,29,33). The van der Waals surface area contributed by atoms with Crippen LogP contribution in [0.15, 0.2) is 58.5 Å². The van der Waals surface area contributed by atoms with Crippen LogP contribution in [-0.4, -0.2) is 39.3 Å². The molecule has 1 aromatic heterocycles. The molecule has 0 radical (unpaired) electrons. The summed E-state index contributed by atoms with van der Waals surface area (Å²) in [5, 5.41) is 10.3. The van der Waals surface area contributed by atoms with Crippen LogP contribution < -0.4 is 15.8 Å². The number of amides is 2. The molecule has 0 aliphatic rings. The Balaban J connectivity index is 1.72. The Morgan fingerprint density at radius 2 is 1.85 bits per heavy atom. The van der Waals surface area contributed by atoms with Gasteiger partial charge in [-0.15, -0.1) is 10.2 Å². The summed E-state index contributed by atoms with van der Waals surface area (Å²) >= 11 is 0.868. The fourth-order valence-electron chi connectivity index (χ4n) is 3.14. The largest absolute Gasteiger partial charge is 0.416 e. The second-order valence-electron chi connectivity index (χ2n) is 7.00. The van der Waals surface area contributed by atoms with E-state index in [1.165, 1.54) is 24.0 Å². The minimum atomic E-state index is -4.52. The van der Waals surface area contributed by atoms with Crippen LogP contribution in [0.25, 0.3) is 11.3 Å². The van der Waals surface area contributed by atoms with Crippen molar-refractivity contribution in [1.82, 2.24) is 15.2 Å². The molecule has 2 N–H and O–H groups in total. The van der Waals surface area contributed by atoms with Gasteiger partial charge >= 0.3 is 6.18 Å². The number of aromatic nitrogens is 3. The lowest BCUT2D eigenvalue weighted by atomic mass is 10.1. The summed E-state index contributed by atoms with van der Waals surface area (Å²) in [5.41, 5.74) is -0.505. The minimum absolute atomic E-state index is 0.00194. The van der Waals surface area contributed by atoms with Crippen molar-refractivity contribution in [1.29, 1.82) is 0 Å². The molecular weight excluding hydrogens is 471 g/mol. The highest BCUT2D eigenvalue weighted by molar-refractivity contribution is 7.99. The van der Waals surface area contributed by atoms with E-state index in [1.807, 2.05) is 0 Å². The molecule has 3 aromatic rings. The number of benzene rings is 2. The first-order valence-corrected chi connectivity index (χ1v) is 11.0. The van der Waals surface area contributed by atoms with Gasteiger partial charge in [-0.25, -0.2) is 0 Å². The van der Waals surface area contributed by atoms with Gasteiger partial charge in [-0.1, -0.05) is 36.0 Å². The summed E-state index contributed by atoms with van der Waals surface area (Å²) in [5.74, 6) is -0.996. The van der Waals surface area contributed by atoms with Crippen molar-refractivity contribution >= 4 is 35.0 Å². The lowest BCUT2D eigenvalue weighted by molar-refractivity contribution is -0.137. The first-order valence-electron chi connectivity index (χ1n) is 10.0. The van der Waals surface area contributed by atoms with Gasteiger partial charge in [0.1, 0.15) is 0 Å². The summed E-state index contributed by atoms with van der Waals surface area (Å²) in [6, 6.07) is 11.0. The summed E-state index contributed by atoms with van der Waals surface area (Å²) in [4.78, 5) is 40.8. The summed E-state index contributed by atoms with van der Waals surface area (Å²) < 4.78 is 38.4. The molecule has 2 amide bonds. The molecular formula is C22H20F3N5O3S. The molecule has 0 bridgehead atoms. The molecule has 8 nitrogen and oxygen atoms in total. The third-order valence-corrected chi connectivity index (χ3v) is 5.50. The fourth-order valence-corrected chi connectivity index (χ4v) is 3.74. The number of halogens is 3. The Kier molecular flexibility index (Phi) is 7.72. The molecule has 0 unspecified atom stereocenters. The minimum Gasteiger partial charge on any atom is -0.325 e. The fraction of sp³-hybridized carbons (Fsp3) is 0.227. The average molecular weight is 491 g/mol. The Labute approximate surface area is 196 Å². The van der Waals surface area contributed by atoms with Gasteiger partial charge in [0.15, 0.2) is 10.9 Å². The van der Waals surface area contributed by atoms with E-state index in [9.17, 15) is 27.6 Å². The van der Waals surface area contributed by atoms with E-state index in [2.05, 4.69) is 20.5 Å². The molecule has 0 aliphatic carbocycles. The van der Waals surface area contributed by atoms with Crippen molar-refractivity contribution < 1.29 is 22.8 Å². The van der Waals surface area contributed by atoms with E-state index in [-0.39, 0.29) is 28.2 Å². The van der Waals surface area contributed by atoms with Crippen LogP contribution >= 0.6 is 11.8 Å². The van der Waals surface area contributed by atoms with Gasteiger partial charge in [0.05, 0.1) is 17.0 Å². The zero-order valence-electron chi connectivity index (χ0n) is 18.1. The van der Waals surface area contributed by atoms with Crippen molar-refractivity contribution in [3.05, 3.63) is 64.4 Å². The number of H-pyrrole nitrogens is 1. The van der Waals surface area contributed by atoms with Crippen LogP contribution in [0, 0.1) is 0 Å². The lowest BCUT2D eigenvalue weighted by Crippen LogP contribution is -2.29. The van der Waals surface area contributed by atoms with Gasteiger partial charge in [-0.2, -0.15) is 13.2 Å². The van der Waals surface area contributed by atoms with Crippen LogP contribution in [0.1, 0.15) is 19.4 Å². The van der Waals surface area contributed by atoms with Crippen LogP contribution in [-0.2, 0) is 15.8 Å². The molecule has 0 saturated heterocycles. The maximum absolute atomic E-state index is 12.8. The van der Waals surface area contributed by atoms with E-state index in [1.54, 1.807) is 31.2 Å². The Hall–Kier alpha value is -3.67. The number of alkyl halides is 3. The van der Waals surface area contributed by atoms with Gasteiger partial charge in [-0.05, 0) is 31.2 Å². The van der Waals surface area contributed by atoms with Gasteiger partial charge in [0.2, 0.25) is 11.8 Å². The number of nitrogens with one attached hydrogen (secondary N) is 2. The molecule has 34 heavy (non-hydrogen) atoms. The molecule has 3 rings (SSSR count). The van der Waals surface area contributed by atoms with Crippen LogP contribution in [0.4, 0.5) is 24.5 Å². The molecule has 0 fully saturated rings. The van der Waals surface area contributed by atoms with Gasteiger partial charge in [0, 0.05) is 24.7 Å². The Morgan fingerprint density at radius 3 is 2.50 bits per heavy atom. The highest BCUT2D eigenvalue weighted by Crippen LogP contribution is 2.31. The second-order valence-corrected chi connectivity index (χ2v) is 7.97. The number of carbonyl (C=O) groups excluding carboxylic acids is 2. The zero-order chi connectivity index (χ0) is 24.9. The number of rotatable bonds is 7. The summed E-state index contributed by atoms with van der Waals surface area (Å²) in [6.45, 7) is 3.62. The molecule has 0 aliphatic heterocycles. The first kappa shape index (κ1) is 25.0. The van der Waals surface area contributed by atoms with Crippen molar-refractivity contribution in [3.63, 3.8) is 0 Å². The molecule has 1 heterocycles. The number of carbonyl (C=O) groups is 2. The molecule has 0 spiro atoms. The van der Waals surface area contributed by atoms with E-state index in [0.717, 1.165) is 23.9 Å². The van der Waals surface area contributed by atoms with E-state index in [0.29, 0.717) is 17.8 Å². The van der Waals surface area contributed by atoms with Gasteiger partial charge in [0.25, 0.3) is 5.56 Å². The van der Waals surface area contributed by atoms with Crippen molar-refractivity contribution in [2.45, 2.75) is 25.2 Å². The highest BCUT2D eigenvalue weighted by Gasteiger charge is 2.30. The van der Waals surface area contributed by atoms with E-state index >= 15 is 0 Å². The van der Waals surface area contributed by atoms with Crippen LogP contribution in [0.2, 0.25) is 0 Å². The normalized spacial score (nSPS) is 11.2.